The second kappa shape index (κ2) is 7.96. The van der Waals surface area contributed by atoms with E-state index in [0.717, 1.165) is 34.7 Å². The average Bonchev–Trinajstić information content (AvgIpc) is 2.69. The normalized spacial score (nSPS) is 10.4. The lowest BCUT2D eigenvalue weighted by Gasteiger charge is -2.27. The Morgan fingerprint density at radius 2 is 0.815 bits per heavy atom. The van der Waals surface area contributed by atoms with Crippen molar-refractivity contribution in [1.82, 2.24) is 0 Å². The summed E-state index contributed by atoms with van der Waals surface area (Å²) in [4.78, 5) is 17.4. The zero-order chi connectivity index (χ0) is 19.4. The third-order valence-corrected chi connectivity index (χ3v) is 4.54. The monoisotopic (exact) mass is 359 g/mol. The van der Waals surface area contributed by atoms with Gasteiger partial charge in [0.05, 0.1) is 0 Å². The summed E-state index contributed by atoms with van der Waals surface area (Å²) in [5.41, 5.74) is 6.12. The first kappa shape index (κ1) is 18.5. The lowest BCUT2D eigenvalue weighted by Crippen LogP contribution is -2.12. The van der Waals surface area contributed by atoms with Crippen LogP contribution in [-0.4, -0.2) is 34.5 Å². The van der Waals surface area contributed by atoms with Crippen molar-refractivity contribution in [2.75, 3.05) is 42.9 Å². The van der Waals surface area contributed by atoms with Gasteiger partial charge in [-0.1, -0.05) is 0 Å². The number of rotatable bonds is 6. The van der Waals surface area contributed by atoms with Crippen LogP contribution in [-0.2, 0) is 0 Å². The number of carbonyl (C=O) groups is 1. The van der Waals surface area contributed by atoms with Gasteiger partial charge in [-0.25, -0.2) is 0 Å². The number of anilines is 5. The van der Waals surface area contributed by atoms with Crippen molar-refractivity contribution in [3.63, 3.8) is 0 Å². The van der Waals surface area contributed by atoms with Crippen LogP contribution in [0.2, 0.25) is 0 Å². The van der Waals surface area contributed by atoms with E-state index in [1.54, 1.807) is 0 Å². The largest absolute Gasteiger partial charge is 0.378 e. The highest BCUT2D eigenvalue weighted by Crippen LogP contribution is 2.36. The van der Waals surface area contributed by atoms with Gasteiger partial charge in [0, 0.05) is 62.2 Å². The van der Waals surface area contributed by atoms with Crippen LogP contribution < -0.4 is 14.7 Å². The molecule has 3 aromatic carbocycles. The zero-order valence-corrected chi connectivity index (χ0v) is 16.3. The van der Waals surface area contributed by atoms with Gasteiger partial charge in [0.2, 0.25) is 0 Å². The predicted octanol–water partition coefficient (Wildman–Crippen LogP) is 5.10. The molecule has 3 aromatic rings. The number of benzene rings is 3. The maximum Gasteiger partial charge on any atom is 0.150 e. The van der Waals surface area contributed by atoms with Crippen LogP contribution in [0.4, 0.5) is 28.4 Å². The molecule has 0 fully saturated rings. The highest BCUT2D eigenvalue weighted by Gasteiger charge is 2.13. The SMILES string of the molecule is CN(C)c1ccc(N(c2ccc(C=O)cc2)c2ccc(N(C)C)cc2)cc1. The van der Waals surface area contributed by atoms with Crippen LogP contribution in [0.25, 0.3) is 0 Å². The predicted molar refractivity (Wildman–Crippen MR) is 115 cm³/mol. The Balaban J connectivity index is 2.05. The van der Waals surface area contributed by atoms with E-state index in [2.05, 4.69) is 63.2 Å². The summed E-state index contributed by atoms with van der Waals surface area (Å²) in [5.74, 6) is 0. The minimum absolute atomic E-state index is 0.671. The Hall–Kier alpha value is -3.27. The molecule has 0 unspecified atom stereocenters. The van der Waals surface area contributed by atoms with Crippen LogP contribution in [0.1, 0.15) is 10.4 Å². The Morgan fingerprint density at radius 3 is 1.11 bits per heavy atom. The summed E-state index contributed by atoms with van der Waals surface area (Å²) in [6.07, 6.45) is 0.867. The first-order valence-electron chi connectivity index (χ1n) is 8.90. The van der Waals surface area contributed by atoms with Crippen LogP contribution >= 0.6 is 0 Å². The summed E-state index contributed by atoms with van der Waals surface area (Å²) in [6.45, 7) is 0. The number of nitrogens with zero attached hydrogens (tertiary/aromatic N) is 3. The Kier molecular flexibility index (Phi) is 5.46. The molecule has 0 heterocycles. The minimum Gasteiger partial charge on any atom is -0.378 e. The van der Waals surface area contributed by atoms with Gasteiger partial charge in [-0.15, -0.1) is 0 Å². The molecule has 0 atom stereocenters. The molecule has 0 aliphatic rings. The molecule has 0 radical (unpaired) electrons. The van der Waals surface area contributed by atoms with Gasteiger partial charge in [-0.3, -0.25) is 4.79 Å². The molecule has 0 saturated heterocycles. The van der Waals surface area contributed by atoms with E-state index < -0.39 is 0 Å². The Bertz CT molecular complexity index is 831. The second-order valence-corrected chi connectivity index (χ2v) is 6.87. The van der Waals surface area contributed by atoms with Crippen molar-refractivity contribution in [2.45, 2.75) is 0 Å². The van der Waals surface area contributed by atoms with Crippen LogP contribution in [0, 0.1) is 0 Å². The lowest BCUT2D eigenvalue weighted by atomic mass is 10.1. The molecule has 0 bridgehead atoms. The summed E-state index contributed by atoms with van der Waals surface area (Å²) >= 11 is 0. The average molecular weight is 359 g/mol. The van der Waals surface area contributed by atoms with Gasteiger partial charge in [0.1, 0.15) is 6.29 Å². The first-order valence-corrected chi connectivity index (χ1v) is 8.90. The van der Waals surface area contributed by atoms with Crippen LogP contribution in [0.5, 0.6) is 0 Å². The van der Waals surface area contributed by atoms with E-state index >= 15 is 0 Å². The molecule has 0 saturated carbocycles. The topological polar surface area (TPSA) is 26.8 Å². The van der Waals surface area contributed by atoms with Crippen molar-refractivity contribution in [3.05, 3.63) is 78.4 Å². The van der Waals surface area contributed by atoms with Gasteiger partial charge in [0.15, 0.2) is 0 Å². The lowest BCUT2D eigenvalue weighted by molar-refractivity contribution is 0.112. The smallest absolute Gasteiger partial charge is 0.150 e. The highest BCUT2D eigenvalue weighted by molar-refractivity contribution is 5.81. The summed E-state index contributed by atoms with van der Waals surface area (Å²) < 4.78 is 0. The highest BCUT2D eigenvalue weighted by atomic mass is 16.1. The van der Waals surface area contributed by atoms with Gasteiger partial charge < -0.3 is 14.7 Å². The number of hydrogen-bond acceptors (Lipinski definition) is 4. The van der Waals surface area contributed by atoms with Gasteiger partial charge in [-0.2, -0.15) is 0 Å². The molecule has 138 valence electrons. The third-order valence-electron chi connectivity index (χ3n) is 4.54. The van der Waals surface area contributed by atoms with E-state index in [-0.39, 0.29) is 0 Å². The van der Waals surface area contributed by atoms with Crippen molar-refractivity contribution < 1.29 is 4.79 Å². The molecule has 4 nitrogen and oxygen atoms in total. The fourth-order valence-corrected chi connectivity index (χ4v) is 2.95. The number of carbonyl (C=O) groups excluding carboxylic acids is 1. The van der Waals surface area contributed by atoms with E-state index in [0.29, 0.717) is 5.56 Å². The van der Waals surface area contributed by atoms with Gasteiger partial charge >= 0.3 is 0 Å². The van der Waals surface area contributed by atoms with Crippen LogP contribution in [0.15, 0.2) is 72.8 Å². The molecule has 0 spiro atoms. The minimum atomic E-state index is 0.671. The zero-order valence-electron chi connectivity index (χ0n) is 16.3. The van der Waals surface area contributed by atoms with Crippen molar-refractivity contribution >= 4 is 34.7 Å². The number of hydrogen-bond donors (Lipinski definition) is 0. The first-order chi connectivity index (χ1) is 13.0. The molecule has 0 aromatic heterocycles. The molecular formula is C23H25N3O. The maximum atomic E-state index is 11.0. The van der Waals surface area contributed by atoms with Crippen molar-refractivity contribution in [3.8, 4) is 0 Å². The van der Waals surface area contributed by atoms with E-state index in [1.165, 1.54) is 0 Å². The van der Waals surface area contributed by atoms with Gasteiger partial charge in [-0.05, 0) is 72.8 Å². The third kappa shape index (κ3) is 4.11. The van der Waals surface area contributed by atoms with Crippen LogP contribution in [0.3, 0.4) is 0 Å². The maximum absolute atomic E-state index is 11.0. The van der Waals surface area contributed by atoms with E-state index in [4.69, 9.17) is 0 Å². The summed E-state index contributed by atoms with van der Waals surface area (Å²) in [7, 11) is 8.13. The summed E-state index contributed by atoms with van der Waals surface area (Å²) in [5, 5.41) is 0. The molecule has 4 heteroatoms. The van der Waals surface area contributed by atoms with E-state index in [9.17, 15) is 4.79 Å². The van der Waals surface area contributed by atoms with Gasteiger partial charge in [0.25, 0.3) is 0 Å². The molecule has 0 aliphatic heterocycles. The molecule has 0 amide bonds. The standard InChI is InChI=1S/C23H25N3O/c1-24(2)19-9-13-22(14-10-19)26(21-7-5-18(17-27)6-8-21)23-15-11-20(12-16-23)25(3)4/h5-17H,1-4H3. The molecule has 27 heavy (non-hydrogen) atoms. The summed E-state index contributed by atoms with van der Waals surface area (Å²) in [6, 6.07) is 24.5. The molecule has 0 aliphatic carbocycles. The van der Waals surface area contributed by atoms with Crippen molar-refractivity contribution in [2.24, 2.45) is 0 Å². The van der Waals surface area contributed by atoms with Crippen molar-refractivity contribution in [1.29, 1.82) is 0 Å². The Morgan fingerprint density at radius 1 is 0.519 bits per heavy atom. The quantitative estimate of drug-likeness (QED) is 0.572. The fraction of sp³-hybridized carbons (Fsp3) is 0.174. The molecule has 3 rings (SSSR count). The molecular weight excluding hydrogens is 334 g/mol. The second-order valence-electron chi connectivity index (χ2n) is 6.87. The number of aldehydes is 1. The molecule has 0 N–H and O–H groups in total. The Labute approximate surface area is 161 Å². The fourth-order valence-electron chi connectivity index (χ4n) is 2.95. The van der Waals surface area contributed by atoms with E-state index in [1.807, 2.05) is 52.5 Å².